The van der Waals surface area contributed by atoms with Crippen LogP contribution in [-0.4, -0.2) is 24.5 Å². The van der Waals surface area contributed by atoms with Gasteiger partial charge < -0.3 is 15.0 Å². The molecule has 0 saturated heterocycles. The molecule has 1 unspecified atom stereocenters. The van der Waals surface area contributed by atoms with Crippen molar-refractivity contribution in [3.63, 3.8) is 0 Å². The molecular weight excluding hydrogens is 376 g/mol. The van der Waals surface area contributed by atoms with Crippen molar-refractivity contribution in [2.75, 3.05) is 11.5 Å². The Labute approximate surface area is 176 Å². The summed E-state index contributed by atoms with van der Waals surface area (Å²) in [6.07, 6.45) is 0.846. The van der Waals surface area contributed by atoms with E-state index >= 15 is 0 Å². The summed E-state index contributed by atoms with van der Waals surface area (Å²) in [4.78, 5) is 27.0. The van der Waals surface area contributed by atoms with E-state index in [0.717, 1.165) is 17.7 Å². The van der Waals surface area contributed by atoms with Gasteiger partial charge in [-0.05, 0) is 48.7 Å². The highest BCUT2D eigenvalue weighted by molar-refractivity contribution is 5.97. The number of rotatable bonds is 6. The lowest BCUT2D eigenvalue weighted by molar-refractivity contribution is -0.120. The van der Waals surface area contributed by atoms with Gasteiger partial charge in [0.15, 0.2) is 6.61 Å². The number of hydrogen-bond acceptors (Lipinski definition) is 3. The van der Waals surface area contributed by atoms with Gasteiger partial charge in [-0.1, -0.05) is 54.6 Å². The van der Waals surface area contributed by atoms with Crippen molar-refractivity contribution < 1.29 is 14.3 Å². The summed E-state index contributed by atoms with van der Waals surface area (Å²) in [6.45, 7) is 2.42. The van der Waals surface area contributed by atoms with Gasteiger partial charge in [-0.25, -0.2) is 0 Å². The molecule has 1 atom stereocenters. The zero-order valence-corrected chi connectivity index (χ0v) is 16.9. The molecule has 152 valence electrons. The molecule has 4 rings (SSSR count). The fourth-order valence-corrected chi connectivity index (χ4v) is 3.77. The second-order valence-corrected chi connectivity index (χ2v) is 7.43. The molecule has 3 aromatic carbocycles. The lowest BCUT2D eigenvalue weighted by Crippen LogP contribution is -2.39. The standard InChI is InChI=1S/C25H24N2O3/c1-18-14-20-10-5-6-13-23(20)27(18)24(28)17-30-22-12-7-11-21(15-22)25(29)26-16-19-8-3-2-4-9-19/h2-13,15,18H,14,16-17H2,1H3,(H,26,29). The summed E-state index contributed by atoms with van der Waals surface area (Å²) in [6, 6.07) is 24.7. The smallest absolute Gasteiger partial charge is 0.265 e. The number of para-hydroxylation sites is 1. The van der Waals surface area contributed by atoms with Gasteiger partial charge in [0.1, 0.15) is 5.75 Å². The predicted molar refractivity (Wildman–Crippen MR) is 117 cm³/mol. The fourth-order valence-electron chi connectivity index (χ4n) is 3.77. The number of hydrogen-bond donors (Lipinski definition) is 1. The van der Waals surface area contributed by atoms with Gasteiger partial charge in [-0.15, -0.1) is 0 Å². The maximum Gasteiger partial charge on any atom is 0.265 e. The van der Waals surface area contributed by atoms with Gasteiger partial charge in [0.25, 0.3) is 11.8 Å². The van der Waals surface area contributed by atoms with E-state index in [1.165, 1.54) is 5.56 Å². The first-order chi connectivity index (χ1) is 14.6. The van der Waals surface area contributed by atoms with E-state index in [-0.39, 0.29) is 24.5 Å². The minimum atomic E-state index is -0.183. The normalized spacial score (nSPS) is 14.8. The first-order valence-corrected chi connectivity index (χ1v) is 10.1. The summed E-state index contributed by atoms with van der Waals surface area (Å²) >= 11 is 0. The molecule has 1 aliphatic rings. The van der Waals surface area contributed by atoms with Crippen LogP contribution in [0.15, 0.2) is 78.9 Å². The molecule has 0 bridgehead atoms. The van der Waals surface area contributed by atoms with Crippen LogP contribution in [0.2, 0.25) is 0 Å². The number of carbonyl (C=O) groups excluding carboxylic acids is 2. The Balaban J connectivity index is 1.36. The Bertz CT molecular complexity index is 1050. The molecule has 5 heteroatoms. The third-order valence-electron chi connectivity index (χ3n) is 5.23. The van der Waals surface area contributed by atoms with Gasteiger partial charge >= 0.3 is 0 Å². The largest absolute Gasteiger partial charge is 0.484 e. The van der Waals surface area contributed by atoms with E-state index in [4.69, 9.17) is 4.74 Å². The van der Waals surface area contributed by atoms with Crippen molar-refractivity contribution >= 4 is 17.5 Å². The summed E-state index contributed by atoms with van der Waals surface area (Å²) in [5.74, 6) is 0.222. The van der Waals surface area contributed by atoms with Gasteiger partial charge in [0.2, 0.25) is 0 Å². The number of nitrogens with one attached hydrogen (secondary N) is 1. The highest BCUT2D eigenvalue weighted by Gasteiger charge is 2.30. The molecule has 0 radical (unpaired) electrons. The van der Waals surface area contributed by atoms with E-state index in [0.29, 0.717) is 17.9 Å². The lowest BCUT2D eigenvalue weighted by atomic mass is 10.1. The van der Waals surface area contributed by atoms with Crippen LogP contribution in [0.4, 0.5) is 5.69 Å². The van der Waals surface area contributed by atoms with Gasteiger partial charge in [-0.2, -0.15) is 0 Å². The van der Waals surface area contributed by atoms with E-state index in [9.17, 15) is 9.59 Å². The molecule has 1 aliphatic heterocycles. The molecule has 0 fully saturated rings. The Morgan fingerprint density at radius 1 is 1.00 bits per heavy atom. The molecule has 0 aliphatic carbocycles. The van der Waals surface area contributed by atoms with Crippen molar-refractivity contribution in [3.8, 4) is 5.75 Å². The van der Waals surface area contributed by atoms with Gasteiger partial charge in [0, 0.05) is 23.8 Å². The Morgan fingerprint density at radius 3 is 2.60 bits per heavy atom. The highest BCUT2D eigenvalue weighted by atomic mass is 16.5. The summed E-state index contributed by atoms with van der Waals surface area (Å²) < 4.78 is 5.73. The topological polar surface area (TPSA) is 58.6 Å². The number of carbonyl (C=O) groups is 2. The SMILES string of the molecule is CC1Cc2ccccc2N1C(=O)COc1cccc(C(=O)NCc2ccccc2)c1. The number of amides is 2. The maximum atomic E-state index is 12.8. The van der Waals surface area contributed by atoms with Crippen molar-refractivity contribution in [1.82, 2.24) is 5.32 Å². The van der Waals surface area contributed by atoms with E-state index in [1.54, 1.807) is 29.2 Å². The average molecular weight is 400 g/mol. The van der Waals surface area contributed by atoms with Crippen molar-refractivity contribution in [1.29, 1.82) is 0 Å². The number of benzene rings is 3. The lowest BCUT2D eigenvalue weighted by Gasteiger charge is -2.22. The molecule has 0 aromatic heterocycles. The molecule has 30 heavy (non-hydrogen) atoms. The minimum Gasteiger partial charge on any atom is -0.484 e. The van der Waals surface area contributed by atoms with Gasteiger partial charge in [-0.3, -0.25) is 9.59 Å². The van der Waals surface area contributed by atoms with Crippen LogP contribution >= 0.6 is 0 Å². The molecule has 0 saturated carbocycles. The molecule has 0 spiro atoms. The zero-order valence-electron chi connectivity index (χ0n) is 16.9. The van der Waals surface area contributed by atoms with Crippen LogP contribution in [0.1, 0.15) is 28.4 Å². The number of fused-ring (bicyclic) bond motifs is 1. The van der Waals surface area contributed by atoms with E-state index < -0.39 is 0 Å². The second-order valence-electron chi connectivity index (χ2n) is 7.43. The molecular formula is C25H24N2O3. The zero-order chi connectivity index (χ0) is 20.9. The van der Waals surface area contributed by atoms with E-state index in [1.807, 2.05) is 55.5 Å². The average Bonchev–Trinajstić information content (AvgIpc) is 3.12. The highest BCUT2D eigenvalue weighted by Crippen LogP contribution is 2.31. The van der Waals surface area contributed by atoms with Crippen molar-refractivity contribution in [2.45, 2.75) is 25.9 Å². The van der Waals surface area contributed by atoms with Crippen LogP contribution in [0.5, 0.6) is 5.75 Å². The van der Waals surface area contributed by atoms with Crippen LogP contribution < -0.4 is 15.0 Å². The Kier molecular flexibility index (Phi) is 5.80. The van der Waals surface area contributed by atoms with Gasteiger partial charge in [0.05, 0.1) is 0 Å². The number of anilines is 1. The summed E-state index contributed by atoms with van der Waals surface area (Å²) in [5.41, 5.74) is 3.66. The molecule has 2 amide bonds. The minimum absolute atomic E-state index is 0.0756. The van der Waals surface area contributed by atoms with Crippen LogP contribution in [0, 0.1) is 0 Å². The van der Waals surface area contributed by atoms with Crippen LogP contribution in [-0.2, 0) is 17.8 Å². The summed E-state index contributed by atoms with van der Waals surface area (Å²) in [5, 5.41) is 2.90. The molecule has 1 heterocycles. The number of ether oxygens (including phenoxy) is 1. The molecule has 3 aromatic rings. The van der Waals surface area contributed by atoms with Crippen LogP contribution in [0.25, 0.3) is 0 Å². The van der Waals surface area contributed by atoms with Crippen molar-refractivity contribution in [2.24, 2.45) is 0 Å². The van der Waals surface area contributed by atoms with Crippen molar-refractivity contribution in [3.05, 3.63) is 95.6 Å². The maximum absolute atomic E-state index is 12.8. The Hall–Kier alpha value is -3.60. The molecule has 5 nitrogen and oxygen atoms in total. The molecule has 1 N–H and O–H groups in total. The third-order valence-corrected chi connectivity index (χ3v) is 5.23. The Morgan fingerprint density at radius 2 is 1.77 bits per heavy atom. The first kappa shape index (κ1) is 19.7. The summed E-state index contributed by atoms with van der Waals surface area (Å²) in [7, 11) is 0. The first-order valence-electron chi connectivity index (χ1n) is 10.1. The quantitative estimate of drug-likeness (QED) is 0.681. The third kappa shape index (κ3) is 4.35. The monoisotopic (exact) mass is 400 g/mol. The second kappa shape index (κ2) is 8.82. The predicted octanol–water partition coefficient (Wildman–Crippen LogP) is 3.97. The number of nitrogens with zero attached hydrogens (tertiary/aromatic N) is 1. The van der Waals surface area contributed by atoms with Crippen LogP contribution in [0.3, 0.4) is 0 Å². The van der Waals surface area contributed by atoms with E-state index in [2.05, 4.69) is 11.4 Å². The fraction of sp³-hybridized carbons (Fsp3) is 0.200.